The van der Waals surface area contributed by atoms with Gasteiger partial charge in [-0.3, -0.25) is 0 Å². The lowest BCUT2D eigenvalue weighted by Gasteiger charge is -2.10. The maximum Gasteiger partial charge on any atom is 0.0697 e. The minimum Gasteiger partial charge on any atom is -0.160 e. The topological polar surface area (TPSA) is 0 Å². The molecule has 0 radical (unpaired) electrons. The van der Waals surface area contributed by atoms with Crippen LogP contribution in [0.25, 0.3) is 11.6 Å². The highest BCUT2D eigenvalue weighted by atomic mass is 32.2. The van der Waals surface area contributed by atoms with Crippen LogP contribution < -0.4 is 0 Å². The van der Waals surface area contributed by atoms with Crippen LogP contribution in [0.4, 0.5) is 0 Å². The molecule has 0 nitrogen and oxygen atoms in total. The van der Waals surface area contributed by atoms with Crippen LogP contribution in [0.3, 0.4) is 0 Å². The fourth-order valence-corrected chi connectivity index (χ4v) is 2.11. The predicted molar refractivity (Wildman–Crippen MR) is 82.5 cm³/mol. The Kier molecular flexibility index (Phi) is 4.35. The summed E-state index contributed by atoms with van der Waals surface area (Å²) in [6.45, 7) is 0. The summed E-state index contributed by atoms with van der Waals surface area (Å²) in [5.41, 5.74) is 3.44. The highest BCUT2D eigenvalue weighted by Crippen LogP contribution is 2.27. The first-order valence-corrected chi connectivity index (χ1v) is 6.49. The van der Waals surface area contributed by atoms with E-state index in [1.807, 2.05) is 36.4 Å². The number of hydrogen-bond donors (Lipinski definition) is 2. The van der Waals surface area contributed by atoms with Gasteiger partial charge in [0.2, 0.25) is 0 Å². The van der Waals surface area contributed by atoms with Gasteiger partial charge in [0.05, 0.1) is 4.58 Å². The van der Waals surface area contributed by atoms with Crippen molar-refractivity contribution in [3.8, 4) is 0 Å². The van der Waals surface area contributed by atoms with Crippen molar-refractivity contribution in [2.45, 2.75) is 4.58 Å². The number of benzene rings is 2. The lowest BCUT2D eigenvalue weighted by atomic mass is 10.0. The molecule has 0 bridgehead atoms. The summed E-state index contributed by atoms with van der Waals surface area (Å²) < 4.78 is -0.0855. The molecule has 0 aliphatic carbocycles. The fourth-order valence-electron chi connectivity index (χ4n) is 1.67. The molecule has 2 aromatic rings. The summed E-state index contributed by atoms with van der Waals surface area (Å²) >= 11 is 8.86. The lowest BCUT2D eigenvalue weighted by molar-refractivity contribution is 1.56. The molecule has 0 atom stereocenters. The van der Waals surface area contributed by atoms with Crippen LogP contribution in [0.2, 0.25) is 0 Å². The summed E-state index contributed by atoms with van der Waals surface area (Å²) in [4.78, 5) is 0. The van der Waals surface area contributed by atoms with Crippen LogP contribution in [0.1, 0.15) is 11.1 Å². The van der Waals surface area contributed by atoms with Gasteiger partial charge < -0.3 is 0 Å². The van der Waals surface area contributed by atoms with E-state index < -0.39 is 0 Å². The molecular formula is C15H14S2. The van der Waals surface area contributed by atoms with Gasteiger partial charge in [0.15, 0.2) is 0 Å². The molecule has 2 aromatic carbocycles. The van der Waals surface area contributed by atoms with E-state index in [-0.39, 0.29) is 4.58 Å². The monoisotopic (exact) mass is 258 g/mol. The Hall–Kier alpha value is -1.12. The Bertz CT molecular complexity index is 487. The number of thiol groups is 2. The van der Waals surface area contributed by atoms with Gasteiger partial charge >= 0.3 is 0 Å². The molecule has 0 amide bonds. The van der Waals surface area contributed by atoms with Gasteiger partial charge in [-0.25, -0.2) is 0 Å². The minimum atomic E-state index is -0.0855. The molecule has 0 aromatic heterocycles. The lowest BCUT2D eigenvalue weighted by Crippen LogP contribution is -1.93. The van der Waals surface area contributed by atoms with E-state index in [1.54, 1.807) is 0 Å². The molecule has 17 heavy (non-hydrogen) atoms. The zero-order valence-corrected chi connectivity index (χ0v) is 11.1. The standard InChI is InChI=1S/C15H14S2/c16-15(17)14(13-9-5-2-6-10-13)11-12-7-3-1-4-8-12/h1-11,15-17H. The second-order valence-electron chi connectivity index (χ2n) is 3.75. The first-order chi connectivity index (χ1) is 8.27. The number of hydrogen-bond acceptors (Lipinski definition) is 2. The SMILES string of the molecule is SC(S)C(=Cc1ccccc1)c1ccccc1. The van der Waals surface area contributed by atoms with Crippen LogP contribution in [0, 0.1) is 0 Å². The highest BCUT2D eigenvalue weighted by molar-refractivity contribution is 8.00. The summed E-state index contributed by atoms with van der Waals surface area (Å²) in [5.74, 6) is 0. The molecule has 0 heterocycles. The van der Waals surface area contributed by atoms with Gasteiger partial charge in [-0.05, 0) is 22.8 Å². The first-order valence-electron chi connectivity index (χ1n) is 5.45. The maximum atomic E-state index is 4.43. The summed E-state index contributed by atoms with van der Waals surface area (Å²) in [7, 11) is 0. The molecule has 0 aliphatic heterocycles. The Morgan fingerprint density at radius 2 is 1.35 bits per heavy atom. The van der Waals surface area contributed by atoms with Crippen molar-refractivity contribution < 1.29 is 0 Å². The van der Waals surface area contributed by atoms with Gasteiger partial charge in [-0.2, -0.15) is 25.3 Å². The van der Waals surface area contributed by atoms with Crippen molar-refractivity contribution in [1.29, 1.82) is 0 Å². The third kappa shape index (κ3) is 3.42. The van der Waals surface area contributed by atoms with Gasteiger partial charge in [-0.15, -0.1) is 0 Å². The number of rotatable bonds is 3. The second kappa shape index (κ2) is 5.99. The van der Waals surface area contributed by atoms with Crippen molar-refractivity contribution >= 4 is 36.9 Å². The van der Waals surface area contributed by atoms with Gasteiger partial charge in [0.1, 0.15) is 0 Å². The average molecular weight is 258 g/mol. The zero-order chi connectivity index (χ0) is 12.1. The van der Waals surface area contributed by atoms with Crippen molar-refractivity contribution in [2.24, 2.45) is 0 Å². The van der Waals surface area contributed by atoms with Gasteiger partial charge in [0.25, 0.3) is 0 Å². The molecule has 0 saturated carbocycles. The van der Waals surface area contributed by atoms with Crippen LogP contribution in [0.15, 0.2) is 60.7 Å². The Balaban J connectivity index is 2.40. The van der Waals surface area contributed by atoms with E-state index in [1.165, 1.54) is 5.56 Å². The second-order valence-corrected chi connectivity index (χ2v) is 5.19. The predicted octanol–water partition coefficient (Wildman–Crippen LogP) is 4.41. The van der Waals surface area contributed by atoms with E-state index in [0.29, 0.717) is 0 Å². The van der Waals surface area contributed by atoms with Crippen LogP contribution in [0.5, 0.6) is 0 Å². The van der Waals surface area contributed by atoms with Crippen molar-refractivity contribution in [2.75, 3.05) is 0 Å². The fraction of sp³-hybridized carbons (Fsp3) is 0.0667. The molecule has 2 rings (SSSR count). The molecule has 86 valence electrons. The third-order valence-electron chi connectivity index (χ3n) is 2.51. The van der Waals surface area contributed by atoms with E-state index in [4.69, 9.17) is 0 Å². The van der Waals surface area contributed by atoms with Crippen molar-refractivity contribution in [3.63, 3.8) is 0 Å². The molecule has 0 unspecified atom stereocenters. The quantitative estimate of drug-likeness (QED) is 0.455. The average Bonchev–Trinajstić information content (AvgIpc) is 2.38. The zero-order valence-electron chi connectivity index (χ0n) is 9.32. The van der Waals surface area contributed by atoms with Crippen LogP contribution in [-0.4, -0.2) is 4.58 Å². The molecule has 0 aliphatic rings. The normalized spacial score (nSPS) is 11.8. The summed E-state index contributed by atoms with van der Waals surface area (Å²) in [6.07, 6.45) is 2.12. The molecule has 0 spiro atoms. The molecule has 0 saturated heterocycles. The summed E-state index contributed by atoms with van der Waals surface area (Å²) in [5, 5.41) is 0. The Labute approximate surface area is 113 Å². The van der Waals surface area contributed by atoms with Gasteiger partial charge in [-0.1, -0.05) is 60.7 Å². The van der Waals surface area contributed by atoms with E-state index in [2.05, 4.69) is 55.6 Å². The molecular weight excluding hydrogens is 244 g/mol. The summed E-state index contributed by atoms with van der Waals surface area (Å²) in [6, 6.07) is 20.4. The third-order valence-corrected chi connectivity index (χ3v) is 3.06. The van der Waals surface area contributed by atoms with Crippen molar-refractivity contribution in [1.82, 2.24) is 0 Å². The Morgan fingerprint density at radius 1 is 0.824 bits per heavy atom. The smallest absolute Gasteiger partial charge is 0.0697 e. The van der Waals surface area contributed by atoms with E-state index in [0.717, 1.165) is 11.1 Å². The largest absolute Gasteiger partial charge is 0.160 e. The maximum absolute atomic E-state index is 4.43. The van der Waals surface area contributed by atoms with Crippen LogP contribution >= 0.6 is 25.3 Å². The van der Waals surface area contributed by atoms with Gasteiger partial charge in [0, 0.05) is 0 Å². The van der Waals surface area contributed by atoms with E-state index in [9.17, 15) is 0 Å². The molecule has 2 heteroatoms. The molecule has 0 fully saturated rings. The Morgan fingerprint density at radius 3 is 1.88 bits per heavy atom. The highest BCUT2D eigenvalue weighted by Gasteiger charge is 2.07. The minimum absolute atomic E-state index is 0.0855. The van der Waals surface area contributed by atoms with Crippen LogP contribution in [-0.2, 0) is 0 Å². The molecule has 0 N–H and O–H groups in total. The van der Waals surface area contributed by atoms with E-state index >= 15 is 0 Å². The van der Waals surface area contributed by atoms with Crippen molar-refractivity contribution in [3.05, 3.63) is 71.8 Å². The first kappa shape index (κ1) is 12.3.